The van der Waals surface area contributed by atoms with Crippen molar-refractivity contribution in [2.24, 2.45) is 23.2 Å². The molecule has 0 N–H and O–H groups in total. The van der Waals surface area contributed by atoms with E-state index in [4.69, 9.17) is 8.85 Å². The summed E-state index contributed by atoms with van der Waals surface area (Å²) in [4.78, 5) is 0. The maximum atomic E-state index is 5.49. The number of hydrogen-bond acceptors (Lipinski definition) is 2. The van der Waals surface area contributed by atoms with Crippen LogP contribution < -0.4 is 0 Å². The van der Waals surface area contributed by atoms with Crippen LogP contribution in [0.15, 0.2) is 0 Å². The molecule has 3 atom stereocenters. The number of rotatable bonds is 5. The van der Waals surface area contributed by atoms with Gasteiger partial charge >= 0.3 is 9.28 Å². The zero-order valence-corrected chi connectivity index (χ0v) is 12.3. The molecule has 2 saturated carbocycles. The van der Waals surface area contributed by atoms with Gasteiger partial charge in [0, 0.05) is 14.2 Å². The van der Waals surface area contributed by atoms with Crippen molar-refractivity contribution in [2.45, 2.75) is 45.6 Å². The van der Waals surface area contributed by atoms with E-state index in [-0.39, 0.29) is 0 Å². The molecule has 16 heavy (non-hydrogen) atoms. The molecule has 2 aliphatic carbocycles. The third-order valence-electron chi connectivity index (χ3n) is 4.96. The monoisotopic (exact) mass is 242 g/mol. The van der Waals surface area contributed by atoms with Gasteiger partial charge in [0.15, 0.2) is 0 Å². The van der Waals surface area contributed by atoms with Gasteiger partial charge in [-0.25, -0.2) is 0 Å². The van der Waals surface area contributed by atoms with Crippen LogP contribution >= 0.6 is 0 Å². The standard InChI is InChI=1S/C13H26O2Si/c1-13(2,9-16(14-3)15-4)12-8-10-5-6-11(12)7-10/h10-12,16H,5-9H2,1-4H3. The zero-order chi connectivity index (χ0) is 11.8. The topological polar surface area (TPSA) is 18.5 Å². The molecule has 94 valence electrons. The average Bonchev–Trinajstić information content (AvgIpc) is 2.87. The van der Waals surface area contributed by atoms with E-state index in [0.29, 0.717) is 5.41 Å². The first-order valence-corrected chi connectivity index (χ1v) is 8.38. The summed E-state index contributed by atoms with van der Waals surface area (Å²) in [7, 11) is 2.21. The third kappa shape index (κ3) is 2.36. The molecule has 0 heterocycles. The highest BCUT2D eigenvalue weighted by molar-refractivity contribution is 6.44. The normalized spacial score (nSPS) is 33.9. The Hall–Kier alpha value is 0.137. The molecule has 0 amide bonds. The van der Waals surface area contributed by atoms with Crippen LogP contribution in [0.5, 0.6) is 0 Å². The van der Waals surface area contributed by atoms with Gasteiger partial charge in [0.1, 0.15) is 0 Å². The van der Waals surface area contributed by atoms with E-state index in [1.54, 1.807) is 14.2 Å². The van der Waals surface area contributed by atoms with Crippen LogP contribution in [0.25, 0.3) is 0 Å². The van der Waals surface area contributed by atoms with Crippen molar-refractivity contribution in [1.82, 2.24) is 0 Å². The van der Waals surface area contributed by atoms with Crippen molar-refractivity contribution in [1.29, 1.82) is 0 Å². The Labute approximate surface area is 102 Å². The van der Waals surface area contributed by atoms with E-state index in [0.717, 1.165) is 23.8 Å². The molecule has 3 unspecified atom stereocenters. The van der Waals surface area contributed by atoms with E-state index in [1.807, 2.05) is 0 Å². The van der Waals surface area contributed by atoms with Crippen LogP contribution in [-0.2, 0) is 8.85 Å². The molecule has 0 radical (unpaired) electrons. The molecule has 2 nitrogen and oxygen atoms in total. The fourth-order valence-corrected chi connectivity index (χ4v) is 5.73. The van der Waals surface area contributed by atoms with E-state index in [1.165, 1.54) is 25.7 Å². The molecule has 3 heteroatoms. The van der Waals surface area contributed by atoms with Gasteiger partial charge < -0.3 is 8.85 Å². The van der Waals surface area contributed by atoms with Crippen LogP contribution in [-0.4, -0.2) is 23.5 Å². The van der Waals surface area contributed by atoms with E-state index in [9.17, 15) is 0 Å². The highest BCUT2D eigenvalue weighted by Crippen LogP contribution is 2.55. The summed E-state index contributed by atoms with van der Waals surface area (Å²) < 4.78 is 11.0. The van der Waals surface area contributed by atoms with Gasteiger partial charge in [0.25, 0.3) is 0 Å². The van der Waals surface area contributed by atoms with E-state index >= 15 is 0 Å². The lowest BCUT2D eigenvalue weighted by molar-refractivity contribution is 0.144. The molecule has 0 aromatic heterocycles. The fourth-order valence-electron chi connectivity index (χ4n) is 4.05. The van der Waals surface area contributed by atoms with Gasteiger partial charge in [0.2, 0.25) is 0 Å². The van der Waals surface area contributed by atoms with Crippen LogP contribution in [0, 0.1) is 23.2 Å². The van der Waals surface area contributed by atoms with Crippen molar-refractivity contribution in [3.63, 3.8) is 0 Å². The van der Waals surface area contributed by atoms with E-state index in [2.05, 4.69) is 13.8 Å². The molecule has 0 aliphatic heterocycles. The van der Waals surface area contributed by atoms with Gasteiger partial charge in [-0.15, -0.1) is 0 Å². The predicted octanol–water partition coefficient (Wildman–Crippen LogP) is 2.96. The lowest BCUT2D eigenvalue weighted by Crippen LogP contribution is -2.35. The highest BCUT2D eigenvalue weighted by Gasteiger charge is 2.47. The molecular weight excluding hydrogens is 216 g/mol. The Morgan fingerprint density at radius 1 is 1.12 bits per heavy atom. The Morgan fingerprint density at radius 2 is 1.81 bits per heavy atom. The summed E-state index contributed by atoms with van der Waals surface area (Å²) in [5.41, 5.74) is 0.419. The SMILES string of the molecule is CO[SiH](CC(C)(C)C1CC2CCC1C2)OC. The summed E-state index contributed by atoms with van der Waals surface area (Å²) in [6.07, 6.45) is 5.93. The lowest BCUT2D eigenvalue weighted by Gasteiger charge is -2.38. The molecule has 2 fully saturated rings. The molecule has 2 bridgehead atoms. The number of fused-ring (bicyclic) bond motifs is 2. The Balaban J connectivity index is 1.96. The van der Waals surface area contributed by atoms with Crippen LogP contribution in [0.4, 0.5) is 0 Å². The van der Waals surface area contributed by atoms with Crippen LogP contribution in [0.2, 0.25) is 6.04 Å². The Kier molecular flexibility index (Phi) is 3.77. The second kappa shape index (κ2) is 4.79. The first-order chi connectivity index (χ1) is 7.56. The highest BCUT2D eigenvalue weighted by atomic mass is 28.3. The first kappa shape index (κ1) is 12.6. The average molecular weight is 242 g/mol. The second-order valence-corrected chi connectivity index (χ2v) is 8.59. The fraction of sp³-hybridized carbons (Fsp3) is 1.00. The Morgan fingerprint density at radius 3 is 2.25 bits per heavy atom. The number of hydrogen-bond donors (Lipinski definition) is 0. The van der Waals surface area contributed by atoms with Crippen molar-refractivity contribution >= 4 is 9.28 Å². The minimum Gasteiger partial charge on any atom is -0.400 e. The lowest BCUT2D eigenvalue weighted by atomic mass is 9.71. The molecule has 2 rings (SSSR count). The van der Waals surface area contributed by atoms with Crippen LogP contribution in [0.3, 0.4) is 0 Å². The van der Waals surface area contributed by atoms with Gasteiger partial charge in [0.05, 0.1) is 0 Å². The summed E-state index contributed by atoms with van der Waals surface area (Å²) in [5, 5.41) is 0. The van der Waals surface area contributed by atoms with Gasteiger partial charge in [-0.3, -0.25) is 0 Å². The maximum Gasteiger partial charge on any atom is 0.321 e. The Bertz CT molecular complexity index is 238. The van der Waals surface area contributed by atoms with Gasteiger partial charge in [-0.2, -0.15) is 0 Å². The quantitative estimate of drug-likeness (QED) is 0.690. The third-order valence-corrected chi connectivity index (χ3v) is 7.40. The minimum absolute atomic E-state index is 0.419. The van der Waals surface area contributed by atoms with Crippen molar-refractivity contribution in [3.8, 4) is 0 Å². The molecule has 0 aromatic carbocycles. The first-order valence-electron chi connectivity index (χ1n) is 6.62. The summed E-state index contributed by atoms with van der Waals surface area (Å²) in [5.74, 6) is 2.97. The molecule has 0 saturated heterocycles. The van der Waals surface area contributed by atoms with Crippen molar-refractivity contribution in [3.05, 3.63) is 0 Å². The summed E-state index contributed by atoms with van der Waals surface area (Å²) in [6, 6.07) is 1.16. The summed E-state index contributed by atoms with van der Waals surface area (Å²) in [6.45, 7) is 4.85. The zero-order valence-electron chi connectivity index (χ0n) is 11.2. The largest absolute Gasteiger partial charge is 0.400 e. The van der Waals surface area contributed by atoms with E-state index < -0.39 is 9.28 Å². The smallest absolute Gasteiger partial charge is 0.321 e. The molecule has 0 aromatic rings. The maximum absolute atomic E-state index is 5.49. The summed E-state index contributed by atoms with van der Waals surface area (Å²) >= 11 is 0. The van der Waals surface area contributed by atoms with Crippen molar-refractivity contribution < 1.29 is 8.85 Å². The predicted molar refractivity (Wildman–Crippen MR) is 68.7 cm³/mol. The molecule has 0 spiro atoms. The second-order valence-electron chi connectivity index (χ2n) is 6.38. The van der Waals surface area contributed by atoms with Gasteiger partial charge in [-0.05, 0) is 48.5 Å². The van der Waals surface area contributed by atoms with Crippen LogP contribution in [0.1, 0.15) is 39.5 Å². The van der Waals surface area contributed by atoms with Gasteiger partial charge in [-0.1, -0.05) is 20.3 Å². The van der Waals surface area contributed by atoms with Crippen molar-refractivity contribution in [2.75, 3.05) is 14.2 Å². The molecular formula is C13H26O2Si. The molecule has 2 aliphatic rings. The minimum atomic E-state index is -1.40.